The van der Waals surface area contributed by atoms with Crippen molar-refractivity contribution in [3.05, 3.63) is 70.8 Å². The number of aromatic nitrogens is 1. The second-order valence-corrected chi connectivity index (χ2v) is 6.29. The van der Waals surface area contributed by atoms with Gasteiger partial charge in [-0.25, -0.2) is 0 Å². The third kappa shape index (κ3) is 2.32. The van der Waals surface area contributed by atoms with Crippen LogP contribution in [0.5, 0.6) is 0 Å². The summed E-state index contributed by atoms with van der Waals surface area (Å²) in [6.45, 7) is 5.80. The van der Waals surface area contributed by atoms with E-state index in [1.54, 1.807) is 10.8 Å². The molecule has 1 fully saturated rings. The van der Waals surface area contributed by atoms with Crippen molar-refractivity contribution in [2.45, 2.75) is 25.2 Å². The number of halogens is 1. The quantitative estimate of drug-likeness (QED) is 0.630. The molecule has 3 rings (SSSR count). The van der Waals surface area contributed by atoms with Gasteiger partial charge >= 0.3 is 0 Å². The Labute approximate surface area is 134 Å². The predicted molar refractivity (Wildman–Crippen MR) is 90.5 cm³/mol. The smallest absolute Gasteiger partial charge is 0.137 e. The van der Waals surface area contributed by atoms with Crippen molar-refractivity contribution < 1.29 is 0 Å². The molecule has 1 aliphatic carbocycles. The van der Waals surface area contributed by atoms with Crippen LogP contribution in [0.25, 0.3) is 5.57 Å². The highest BCUT2D eigenvalue weighted by atomic mass is 35.5. The van der Waals surface area contributed by atoms with Crippen molar-refractivity contribution in [3.8, 4) is 0 Å². The molecule has 112 valence electrons. The maximum Gasteiger partial charge on any atom is 0.137 e. The Balaban J connectivity index is 2.05. The van der Waals surface area contributed by atoms with Crippen LogP contribution in [0.1, 0.15) is 30.9 Å². The fraction of sp³-hybridized carbons (Fsp3) is 0.222. The maximum absolute atomic E-state index is 8.64. The number of hydrogen-bond donors (Lipinski definition) is 2. The molecule has 1 aromatic carbocycles. The molecule has 0 spiro atoms. The van der Waals surface area contributed by atoms with Crippen LogP contribution < -0.4 is 5.49 Å². The van der Waals surface area contributed by atoms with Gasteiger partial charge in [-0.15, -0.1) is 0 Å². The number of pyridine rings is 1. The zero-order valence-corrected chi connectivity index (χ0v) is 13.2. The van der Waals surface area contributed by atoms with Crippen LogP contribution in [0.2, 0.25) is 5.02 Å². The number of nitrogens with zero attached hydrogens (tertiary/aromatic N) is 1. The van der Waals surface area contributed by atoms with E-state index >= 15 is 0 Å². The van der Waals surface area contributed by atoms with E-state index < -0.39 is 0 Å². The van der Waals surface area contributed by atoms with Crippen molar-refractivity contribution in [1.82, 2.24) is 4.57 Å². The minimum Gasteiger partial charge on any atom is -0.289 e. The molecular weight excluding hydrogens is 294 g/mol. The number of allylic oxidation sites excluding steroid dienone is 1. The van der Waals surface area contributed by atoms with E-state index in [0.29, 0.717) is 16.3 Å². The second kappa shape index (κ2) is 5.25. The fourth-order valence-corrected chi connectivity index (χ4v) is 2.95. The molecule has 0 atom stereocenters. The number of rotatable bonds is 3. The summed E-state index contributed by atoms with van der Waals surface area (Å²) in [6, 6.07) is 11.4. The Morgan fingerprint density at radius 1 is 1.23 bits per heavy atom. The highest BCUT2D eigenvalue weighted by molar-refractivity contribution is 6.30. The van der Waals surface area contributed by atoms with E-state index in [0.717, 1.165) is 29.5 Å². The van der Waals surface area contributed by atoms with E-state index in [4.69, 9.17) is 22.4 Å². The molecule has 22 heavy (non-hydrogen) atoms. The van der Waals surface area contributed by atoms with Gasteiger partial charge in [-0.2, -0.15) is 0 Å². The van der Waals surface area contributed by atoms with Crippen LogP contribution in [-0.4, -0.2) is 10.4 Å². The van der Waals surface area contributed by atoms with E-state index in [2.05, 4.69) is 6.58 Å². The van der Waals surface area contributed by atoms with Crippen LogP contribution in [-0.2, 0) is 5.41 Å². The third-order valence-electron chi connectivity index (χ3n) is 4.29. The predicted octanol–water partition coefficient (Wildman–Crippen LogP) is 4.21. The molecule has 1 aromatic heterocycles. The second-order valence-electron chi connectivity index (χ2n) is 5.86. The molecule has 2 N–H and O–H groups in total. The van der Waals surface area contributed by atoms with Gasteiger partial charge in [0.2, 0.25) is 0 Å². The molecule has 0 aliphatic heterocycles. The molecule has 1 aliphatic rings. The number of nitrogens with one attached hydrogen (secondary N) is 2. The highest BCUT2D eigenvalue weighted by Crippen LogP contribution is 2.49. The van der Waals surface area contributed by atoms with Crippen molar-refractivity contribution in [2.75, 3.05) is 0 Å². The van der Waals surface area contributed by atoms with Gasteiger partial charge in [-0.1, -0.05) is 30.3 Å². The number of hydrogen-bond acceptors (Lipinski definition) is 2. The lowest BCUT2D eigenvalue weighted by atomic mass is 9.94. The van der Waals surface area contributed by atoms with E-state index in [1.165, 1.54) is 0 Å². The van der Waals surface area contributed by atoms with Crippen LogP contribution in [0.3, 0.4) is 0 Å². The topological polar surface area (TPSA) is 52.6 Å². The average Bonchev–Trinajstić information content (AvgIpc) is 3.29. The summed E-state index contributed by atoms with van der Waals surface area (Å²) in [6.07, 6.45) is 3.64. The maximum atomic E-state index is 8.64. The van der Waals surface area contributed by atoms with Crippen molar-refractivity contribution in [3.63, 3.8) is 0 Å². The van der Waals surface area contributed by atoms with Gasteiger partial charge < -0.3 is 0 Å². The monoisotopic (exact) mass is 311 g/mol. The van der Waals surface area contributed by atoms with Crippen LogP contribution >= 0.6 is 11.6 Å². The van der Waals surface area contributed by atoms with E-state index in [-0.39, 0.29) is 5.41 Å². The first kappa shape index (κ1) is 14.8. The lowest BCUT2D eigenvalue weighted by Gasteiger charge is -2.20. The molecule has 2 aromatic rings. The average molecular weight is 312 g/mol. The van der Waals surface area contributed by atoms with Crippen molar-refractivity contribution >= 4 is 23.0 Å². The summed E-state index contributed by atoms with van der Waals surface area (Å²) in [5.41, 5.74) is 2.73. The Kier molecular flexibility index (Phi) is 3.53. The van der Waals surface area contributed by atoms with Crippen molar-refractivity contribution in [1.29, 1.82) is 10.8 Å². The summed E-state index contributed by atoms with van der Waals surface area (Å²) in [5.74, 6) is 0.447. The highest BCUT2D eigenvalue weighted by Gasteiger charge is 2.49. The van der Waals surface area contributed by atoms with Gasteiger partial charge in [0, 0.05) is 16.8 Å². The first-order valence-corrected chi connectivity index (χ1v) is 7.61. The van der Waals surface area contributed by atoms with Crippen molar-refractivity contribution in [2.24, 2.45) is 0 Å². The van der Waals surface area contributed by atoms with Gasteiger partial charge in [-0.05, 0) is 55.2 Å². The molecule has 0 radical (unpaired) electrons. The van der Waals surface area contributed by atoms with Gasteiger partial charge in [0.05, 0.1) is 5.41 Å². The summed E-state index contributed by atoms with van der Waals surface area (Å²) < 4.78 is 1.66. The molecule has 3 nitrogen and oxygen atoms in total. The Morgan fingerprint density at radius 3 is 2.41 bits per heavy atom. The lowest BCUT2D eigenvalue weighted by Crippen LogP contribution is -2.36. The zero-order chi connectivity index (χ0) is 15.9. The Hall–Kier alpha value is -2.13. The molecule has 0 saturated heterocycles. The summed E-state index contributed by atoms with van der Waals surface area (Å²) in [5, 5.41) is 17.7. The SMILES string of the molecule is C=C(C)c1cccn(C(=N)C2(c3ccc(Cl)cc3)CC2)c1=N. The largest absolute Gasteiger partial charge is 0.289 e. The number of benzene rings is 1. The lowest BCUT2D eigenvalue weighted by molar-refractivity contribution is 0.831. The van der Waals surface area contributed by atoms with Crippen LogP contribution in [0.4, 0.5) is 0 Å². The van der Waals surface area contributed by atoms with E-state index in [1.807, 2.05) is 43.3 Å². The Bertz CT molecular complexity index is 811. The molecule has 1 saturated carbocycles. The van der Waals surface area contributed by atoms with Crippen LogP contribution in [0, 0.1) is 10.8 Å². The molecular formula is C18H18ClN3. The zero-order valence-electron chi connectivity index (χ0n) is 12.5. The fourth-order valence-electron chi connectivity index (χ4n) is 2.83. The minimum atomic E-state index is -0.293. The first-order valence-electron chi connectivity index (χ1n) is 7.23. The molecule has 0 bridgehead atoms. The van der Waals surface area contributed by atoms with Crippen LogP contribution in [0.15, 0.2) is 49.2 Å². The Morgan fingerprint density at radius 2 is 1.86 bits per heavy atom. The standard InChI is InChI=1S/C18H18ClN3/c1-12(2)15-4-3-11-22(16(15)20)17(21)18(9-10-18)13-5-7-14(19)8-6-13/h3-8,11,20-21H,1,9-10H2,2H3. The van der Waals surface area contributed by atoms with Gasteiger partial charge in [0.15, 0.2) is 0 Å². The van der Waals surface area contributed by atoms with Gasteiger partial charge in [0.25, 0.3) is 0 Å². The summed E-state index contributed by atoms with van der Waals surface area (Å²) in [7, 11) is 0. The minimum absolute atomic E-state index is 0.293. The molecule has 0 amide bonds. The summed E-state index contributed by atoms with van der Waals surface area (Å²) >= 11 is 5.96. The first-order chi connectivity index (χ1) is 10.5. The van der Waals surface area contributed by atoms with E-state index in [9.17, 15) is 0 Å². The molecule has 4 heteroatoms. The van der Waals surface area contributed by atoms with Gasteiger partial charge in [0.1, 0.15) is 11.3 Å². The summed E-state index contributed by atoms with van der Waals surface area (Å²) in [4.78, 5) is 0. The normalized spacial score (nSPS) is 15.4. The molecule has 1 heterocycles. The molecule has 0 unspecified atom stereocenters. The van der Waals surface area contributed by atoms with Gasteiger partial charge in [-0.3, -0.25) is 15.4 Å². The third-order valence-corrected chi connectivity index (χ3v) is 4.55.